The van der Waals surface area contributed by atoms with Crippen molar-refractivity contribution >= 4 is 40.4 Å². The molecule has 2 aromatic carbocycles. The number of rotatable bonds is 3. The average Bonchev–Trinajstić information content (AvgIpc) is 2.60. The first-order valence-electron chi connectivity index (χ1n) is 8.50. The van der Waals surface area contributed by atoms with Crippen LogP contribution in [0.15, 0.2) is 60.7 Å². The summed E-state index contributed by atoms with van der Waals surface area (Å²) < 4.78 is 0. The van der Waals surface area contributed by atoms with E-state index in [2.05, 4.69) is 5.32 Å². The number of thiocarbonyl (C=S) groups is 1. The van der Waals surface area contributed by atoms with Crippen LogP contribution < -0.4 is 15.1 Å². The molecule has 1 aliphatic heterocycles. The third-order valence-electron chi connectivity index (χ3n) is 4.00. The summed E-state index contributed by atoms with van der Waals surface area (Å²) in [6.45, 7) is 5.37. The van der Waals surface area contributed by atoms with Gasteiger partial charge in [0.25, 0.3) is 11.6 Å². The van der Waals surface area contributed by atoms with E-state index >= 15 is 0 Å². The second-order valence-corrected chi connectivity index (χ2v) is 7.67. The topological polar surface area (TPSA) is 72.9 Å². The minimum absolute atomic E-state index is 0.0104. The van der Waals surface area contributed by atoms with Gasteiger partial charge in [-0.05, 0) is 57.3 Å². The van der Waals surface area contributed by atoms with Crippen molar-refractivity contribution in [1.82, 2.24) is 5.32 Å². The Bertz CT molecular complexity index is 880. The standard InChI is InChI=1S/C20H21N3O3S/c1-19(2,3)21-20(26)16(24)17(25)22(14-10-6-4-7-11-14)18(27)23(20)15-12-8-5-9-13-15/h4-13,21,26H,1-3H3. The lowest BCUT2D eigenvalue weighted by atomic mass is 10.0. The number of hydrogen-bond acceptors (Lipinski definition) is 5. The smallest absolute Gasteiger partial charge is 0.307 e. The molecule has 0 spiro atoms. The van der Waals surface area contributed by atoms with Gasteiger partial charge < -0.3 is 5.11 Å². The lowest BCUT2D eigenvalue weighted by molar-refractivity contribution is -0.152. The van der Waals surface area contributed by atoms with Gasteiger partial charge in [-0.3, -0.25) is 19.8 Å². The second kappa shape index (κ2) is 6.84. The van der Waals surface area contributed by atoms with Crippen LogP contribution in [-0.4, -0.2) is 33.3 Å². The van der Waals surface area contributed by atoms with Crippen LogP contribution in [0.25, 0.3) is 0 Å². The third kappa shape index (κ3) is 3.49. The Morgan fingerprint density at radius 3 is 1.89 bits per heavy atom. The highest BCUT2D eigenvalue weighted by molar-refractivity contribution is 7.81. The number of carbonyl (C=O) groups is 2. The van der Waals surface area contributed by atoms with Crippen molar-refractivity contribution in [2.24, 2.45) is 0 Å². The summed E-state index contributed by atoms with van der Waals surface area (Å²) >= 11 is 5.56. The molecule has 2 aromatic rings. The number of amides is 1. The summed E-state index contributed by atoms with van der Waals surface area (Å²) in [4.78, 5) is 28.3. The van der Waals surface area contributed by atoms with Crippen molar-refractivity contribution in [2.45, 2.75) is 32.2 Å². The molecule has 0 bridgehead atoms. The van der Waals surface area contributed by atoms with E-state index in [1.807, 2.05) is 6.07 Å². The van der Waals surface area contributed by atoms with Gasteiger partial charge in [0.15, 0.2) is 5.11 Å². The molecule has 6 nitrogen and oxygen atoms in total. The van der Waals surface area contributed by atoms with E-state index in [1.165, 1.54) is 4.90 Å². The molecular weight excluding hydrogens is 362 g/mol. The second-order valence-electron chi connectivity index (χ2n) is 7.31. The fourth-order valence-corrected chi connectivity index (χ4v) is 3.42. The van der Waals surface area contributed by atoms with Crippen LogP contribution in [0.3, 0.4) is 0 Å². The quantitative estimate of drug-likeness (QED) is 0.482. The summed E-state index contributed by atoms with van der Waals surface area (Å²) in [5.74, 6) is -4.18. The number of ketones is 1. The summed E-state index contributed by atoms with van der Waals surface area (Å²) in [7, 11) is 0. The van der Waals surface area contributed by atoms with Crippen molar-refractivity contribution in [3.8, 4) is 0 Å². The zero-order valence-electron chi connectivity index (χ0n) is 15.3. The summed E-state index contributed by atoms with van der Waals surface area (Å²) in [6.07, 6.45) is 0. The SMILES string of the molecule is CC(C)(C)NC1(O)C(=O)C(=O)N(c2ccccc2)C(=S)N1c1ccccc1. The Morgan fingerprint density at radius 1 is 0.926 bits per heavy atom. The highest BCUT2D eigenvalue weighted by atomic mass is 32.1. The van der Waals surface area contributed by atoms with Gasteiger partial charge in [0.2, 0.25) is 0 Å². The van der Waals surface area contributed by atoms with Crippen LogP contribution in [0, 0.1) is 0 Å². The van der Waals surface area contributed by atoms with Crippen LogP contribution in [0.4, 0.5) is 11.4 Å². The van der Waals surface area contributed by atoms with Crippen molar-refractivity contribution in [2.75, 3.05) is 9.80 Å². The Labute approximate surface area is 163 Å². The van der Waals surface area contributed by atoms with Gasteiger partial charge in [-0.15, -0.1) is 0 Å². The molecule has 1 unspecified atom stereocenters. The molecule has 1 amide bonds. The molecule has 140 valence electrons. The lowest BCUT2D eigenvalue weighted by Crippen LogP contribution is -2.78. The largest absolute Gasteiger partial charge is 0.352 e. The number of benzene rings is 2. The highest BCUT2D eigenvalue weighted by Crippen LogP contribution is 2.32. The van der Waals surface area contributed by atoms with Crippen LogP contribution in [0.1, 0.15) is 20.8 Å². The van der Waals surface area contributed by atoms with Gasteiger partial charge in [0, 0.05) is 11.2 Å². The predicted molar refractivity (Wildman–Crippen MR) is 108 cm³/mol. The van der Waals surface area contributed by atoms with Crippen molar-refractivity contribution in [3.63, 3.8) is 0 Å². The zero-order valence-corrected chi connectivity index (χ0v) is 16.2. The Morgan fingerprint density at radius 2 is 1.41 bits per heavy atom. The van der Waals surface area contributed by atoms with Gasteiger partial charge in [-0.1, -0.05) is 36.4 Å². The van der Waals surface area contributed by atoms with E-state index in [0.29, 0.717) is 11.4 Å². The van der Waals surface area contributed by atoms with E-state index in [9.17, 15) is 14.7 Å². The van der Waals surface area contributed by atoms with E-state index in [-0.39, 0.29) is 5.11 Å². The number of nitrogens with one attached hydrogen (secondary N) is 1. The molecule has 0 radical (unpaired) electrons. The van der Waals surface area contributed by atoms with Gasteiger partial charge in [0.1, 0.15) is 0 Å². The summed E-state index contributed by atoms with van der Waals surface area (Å²) in [6, 6.07) is 17.4. The fourth-order valence-electron chi connectivity index (χ4n) is 2.99. The number of hydrogen-bond donors (Lipinski definition) is 2. The van der Waals surface area contributed by atoms with Crippen LogP contribution in [-0.2, 0) is 9.59 Å². The molecule has 27 heavy (non-hydrogen) atoms. The molecule has 7 heteroatoms. The Kier molecular flexibility index (Phi) is 4.86. The van der Waals surface area contributed by atoms with Crippen LogP contribution in [0.5, 0.6) is 0 Å². The first-order chi connectivity index (χ1) is 12.6. The first kappa shape index (κ1) is 19.2. The number of aliphatic hydroxyl groups is 1. The van der Waals surface area contributed by atoms with Gasteiger partial charge >= 0.3 is 5.91 Å². The molecule has 1 fully saturated rings. The highest BCUT2D eigenvalue weighted by Gasteiger charge is 2.56. The van der Waals surface area contributed by atoms with E-state index in [0.717, 1.165) is 4.90 Å². The molecule has 2 N–H and O–H groups in total. The van der Waals surface area contributed by atoms with Crippen LogP contribution >= 0.6 is 12.2 Å². The number of Topliss-reactive ketones (excluding diaryl/α,β-unsaturated/α-hetero) is 1. The van der Waals surface area contributed by atoms with Crippen LogP contribution in [0.2, 0.25) is 0 Å². The minimum Gasteiger partial charge on any atom is -0.352 e. The maximum atomic E-state index is 13.0. The van der Waals surface area contributed by atoms with Crippen molar-refractivity contribution in [1.29, 1.82) is 0 Å². The third-order valence-corrected chi connectivity index (χ3v) is 4.36. The molecular formula is C20H21N3O3S. The molecule has 3 rings (SSSR count). The maximum absolute atomic E-state index is 13.0. The summed E-state index contributed by atoms with van der Waals surface area (Å²) in [5, 5.41) is 14.2. The molecule has 1 heterocycles. The minimum atomic E-state index is -2.29. The predicted octanol–water partition coefficient (Wildman–Crippen LogP) is 2.43. The summed E-state index contributed by atoms with van der Waals surface area (Å²) in [5.41, 5.74) is 0.283. The molecule has 0 aliphatic carbocycles. The normalized spacial score (nSPS) is 21.0. The number of anilines is 2. The molecule has 1 atom stereocenters. The molecule has 1 aliphatic rings. The van der Waals surface area contributed by atoms with E-state index in [4.69, 9.17) is 12.2 Å². The molecule has 1 saturated heterocycles. The zero-order chi connectivity index (χ0) is 19.8. The maximum Gasteiger partial charge on any atom is 0.307 e. The van der Waals surface area contributed by atoms with E-state index in [1.54, 1.807) is 75.4 Å². The monoisotopic (exact) mass is 383 g/mol. The first-order valence-corrected chi connectivity index (χ1v) is 8.91. The average molecular weight is 383 g/mol. The van der Waals surface area contributed by atoms with Crippen molar-refractivity contribution < 1.29 is 14.7 Å². The van der Waals surface area contributed by atoms with Gasteiger partial charge in [-0.25, -0.2) is 4.90 Å². The Hall–Kier alpha value is -2.61. The molecule has 0 saturated carbocycles. The number of nitrogens with zero attached hydrogens (tertiary/aromatic N) is 2. The fraction of sp³-hybridized carbons (Fsp3) is 0.250. The van der Waals surface area contributed by atoms with Gasteiger partial charge in [-0.2, -0.15) is 0 Å². The van der Waals surface area contributed by atoms with E-state index < -0.39 is 23.1 Å². The lowest BCUT2D eigenvalue weighted by Gasteiger charge is -2.48. The van der Waals surface area contributed by atoms with Crippen molar-refractivity contribution in [3.05, 3.63) is 60.7 Å². The number of para-hydroxylation sites is 2. The Balaban J connectivity index is 2.17. The number of carbonyl (C=O) groups excluding carboxylic acids is 2. The molecule has 0 aromatic heterocycles. The van der Waals surface area contributed by atoms with Gasteiger partial charge in [0.05, 0.1) is 5.69 Å².